The summed E-state index contributed by atoms with van der Waals surface area (Å²) in [6.07, 6.45) is 2.86. The molecule has 0 bridgehead atoms. The molecule has 11 heavy (non-hydrogen) atoms. The fourth-order valence-corrected chi connectivity index (χ4v) is 0.956. The van der Waals surface area contributed by atoms with Gasteiger partial charge in [0.25, 0.3) is 0 Å². The van der Waals surface area contributed by atoms with E-state index in [1.165, 1.54) is 0 Å². The van der Waals surface area contributed by atoms with Gasteiger partial charge in [0.1, 0.15) is 6.20 Å². The van der Waals surface area contributed by atoms with Crippen LogP contribution >= 0.6 is 0 Å². The summed E-state index contributed by atoms with van der Waals surface area (Å²) in [6.45, 7) is 7.46. The van der Waals surface area contributed by atoms with Crippen LogP contribution in [0.4, 0.5) is 0 Å². The summed E-state index contributed by atoms with van der Waals surface area (Å²) in [7, 11) is 0. The third-order valence-electron chi connectivity index (χ3n) is 1.47. The average Bonchev–Trinajstić information content (AvgIpc) is 2.34. The van der Waals surface area contributed by atoms with Gasteiger partial charge in [-0.2, -0.15) is 5.10 Å². The van der Waals surface area contributed by atoms with Gasteiger partial charge in [-0.15, -0.1) is 0 Å². The van der Waals surface area contributed by atoms with Gasteiger partial charge in [0.15, 0.2) is 0 Å². The molecule has 1 heterocycles. The molecule has 0 saturated heterocycles. The van der Waals surface area contributed by atoms with Gasteiger partial charge in [-0.25, -0.2) is 4.68 Å². The second kappa shape index (κ2) is 3.42. The zero-order valence-electron chi connectivity index (χ0n) is 7.22. The highest BCUT2D eigenvalue weighted by Crippen LogP contribution is 2.15. The summed E-state index contributed by atoms with van der Waals surface area (Å²) >= 11 is 0. The minimum Gasteiger partial charge on any atom is -0.478 e. The fourth-order valence-electron chi connectivity index (χ4n) is 0.956. The highest BCUT2D eigenvalue weighted by Gasteiger charge is 2.05. The Kier molecular flexibility index (Phi) is 2.52. The summed E-state index contributed by atoms with van der Waals surface area (Å²) in [5.74, 6) is 0.843. The number of nitrogens with zero attached hydrogens (tertiary/aromatic N) is 2. The molecule has 0 N–H and O–H groups in total. The average molecular weight is 153 g/mol. The molecule has 3 nitrogen and oxygen atoms in total. The Morgan fingerprint density at radius 2 is 2.27 bits per heavy atom. The van der Waals surface area contributed by atoms with E-state index < -0.39 is 0 Å². The Hall–Kier alpha value is -0.990. The van der Waals surface area contributed by atoms with Crippen molar-refractivity contribution in [3.05, 3.63) is 11.8 Å². The number of aromatic nitrogens is 2. The van der Waals surface area contributed by atoms with Crippen molar-refractivity contribution in [1.82, 2.24) is 9.78 Å². The number of ether oxygens (including phenoxy) is 1. The van der Waals surface area contributed by atoms with Crippen LogP contribution in [0.1, 0.15) is 19.4 Å². The molecule has 1 radical (unpaired) electrons. The molecule has 3 heteroatoms. The lowest BCUT2D eigenvalue weighted by atomic mass is 10.4. The Morgan fingerprint density at radius 1 is 1.55 bits per heavy atom. The van der Waals surface area contributed by atoms with Crippen LogP contribution < -0.4 is 4.74 Å². The third-order valence-corrected chi connectivity index (χ3v) is 1.47. The lowest BCUT2D eigenvalue weighted by Gasteiger charge is -2.05. The topological polar surface area (TPSA) is 27.1 Å². The molecule has 0 amide bonds. The summed E-state index contributed by atoms with van der Waals surface area (Å²) < 4.78 is 7.17. The van der Waals surface area contributed by atoms with Crippen LogP contribution in [0.15, 0.2) is 0 Å². The number of hydrogen-bond donors (Lipinski definition) is 0. The second-order valence-corrected chi connectivity index (χ2v) is 2.29. The van der Waals surface area contributed by atoms with Crippen LogP contribution in [0, 0.1) is 13.1 Å². The first-order chi connectivity index (χ1) is 5.29. The highest BCUT2D eigenvalue weighted by atomic mass is 16.5. The summed E-state index contributed by atoms with van der Waals surface area (Å²) in [6, 6.07) is 0. The minimum absolute atomic E-state index is 0.681. The third kappa shape index (κ3) is 1.53. The molecule has 0 atom stereocenters. The lowest BCUT2D eigenvalue weighted by molar-refractivity contribution is 0.301. The molecule has 1 aromatic heterocycles. The van der Waals surface area contributed by atoms with Crippen molar-refractivity contribution in [2.24, 2.45) is 0 Å². The fraction of sp³-hybridized carbons (Fsp3) is 0.625. The van der Waals surface area contributed by atoms with Gasteiger partial charge in [0.2, 0.25) is 5.88 Å². The monoisotopic (exact) mass is 153 g/mol. The minimum atomic E-state index is 0.681. The molecule has 0 aromatic carbocycles. The second-order valence-electron chi connectivity index (χ2n) is 2.29. The van der Waals surface area contributed by atoms with E-state index in [0.29, 0.717) is 6.61 Å². The van der Waals surface area contributed by atoms with Crippen LogP contribution in [0.3, 0.4) is 0 Å². The molecule has 0 saturated carbocycles. The molecule has 0 aliphatic rings. The first-order valence-electron chi connectivity index (χ1n) is 3.87. The van der Waals surface area contributed by atoms with Gasteiger partial charge in [-0.3, -0.25) is 0 Å². The van der Waals surface area contributed by atoms with Gasteiger partial charge >= 0.3 is 0 Å². The van der Waals surface area contributed by atoms with Gasteiger partial charge < -0.3 is 4.74 Å². The van der Waals surface area contributed by atoms with Crippen molar-refractivity contribution in [2.75, 3.05) is 6.61 Å². The van der Waals surface area contributed by atoms with Crippen molar-refractivity contribution in [3.8, 4) is 5.88 Å². The summed E-state index contributed by atoms with van der Waals surface area (Å²) in [5.41, 5.74) is 0.980. The van der Waals surface area contributed by atoms with Gasteiger partial charge in [-0.1, -0.05) is 0 Å². The zero-order valence-corrected chi connectivity index (χ0v) is 7.22. The molecular weight excluding hydrogens is 140 g/mol. The molecule has 0 spiro atoms. The van der Waals surface area contributed by atoms with Crippen LogP contribution in [-0.2, 0) is 6.54 Å². The maximum atomic E-state index is 5.37. The maximum absolute atomic E-state index is 5.37. The molecule has 61 valence electrons. The Labute approximate surface area is 67.0 Å². The van der Waals surface area contributed by atoms with E-state index in [-0.39, 0.29) is 0 Å². The standard InChI is InChI=1S/C8H13N2O/c1-4-10-8(11-5-2)7(3)6-9-10/h4-5H2,1-3H3. The summed E-state index contributed by atoms with van der Waals surface area (Å²) in [5, 5.41) is 4.02. The Balaban J connectivity index is 2.88. The van der Waals surface area contributed by atoms with Gasteiger partial charge in [0, 0.05) is 12.1 Å². The van der Waals surface area contributed by atoms with Crippen molar-refractivity contribution in [3.63, 3.8) is 0 Å². The van der Waals surface area contributed by atoms with Crippen molar-refractivity contribution >= 4 is 0 Å². The first kappa shape index (κ1) is 8.11. The quantitative estimate of drug-likeness (QED) is 0.656. The predicted molar refractivity (Wildman–Crippen MR) is 42.6 cm³/mol. The Bertz CT molecular complexity index is 230. The van der Waals surface area contributed by atoms with E-state index in [0.717, 1.165) is 18.0 Å². The molecule has 1 aromatic rings. The molecule has 0 unspecified atom stereocenters. The van der Waals surface area contributed by atoms with E-state index in [2.05, 4.69) is 11.3 Å². The van der Waals surface area contributed by atoms with Crippen LogP contribution in [0.25, 0.3) is 0 Å². The highest BCUT2D eigenvalue weighted by molar-refractivity contribution is 5.20. The van der Waals surface area contributed by atoms with E-state index in [1.54, 1.807) is 4.68 Å². The van der Waals surface area contributed by atoms with Crippen molar-refractivity contribution < 1.29 is 4.74 Å². The van der Waals surface area contributed by atoms with Crippen LogP contribution in [0.5, 0.6) is 5.88 Å². The van der Waals surface area contributed by atoms with E-state index in [4.69, 9.17) is 4.74 Å². The van der Waals surface area contributed by atoms with Crippen molar-refractivity contribution in [1.29, 1.82) is 0 Å². The smallest absolute Gasteiger partial charge is 0.215 e. The molecule has 0 aliphatic heterocycles. The summed E-state index contributed by atoms with van der Waals surface area (Å²) in [4.78, 5) is 0. The molecular formula is C8H13N2O. The predicted octanol–water partition coefficient (Wildman–Crippen LogP) is 1.41. The molecule has 1 rings (SSSR count). The first-order valence-corrected chi connectivity index (χ1v) is 3.87. The molecule has 0 aliphatic carbocycles. The van der Waals surface area contributed by atoms with E-state index in [1.807, 2.05) is 20.8 Å². The Morgan fingerprint density at radius 3 is 2.82 bits per heavy atom. The zero-order chi connectivity index (χ0) is 8.27. The lowest BCUT2D eigenvalue weighted by Crippen LogP contribution is -2.03. The maximum Gasteiger partial charge on any atom is 0.215 e. The number of aryl methyl sites for hydroxylation is 2. The largest absolute Gasteiger partial charge is 0.478 e. The number of hydrogen-bond acceptors (Lipinski definition) is 2. The van der Waals surface area contributed by atoms with E-state index in [9.17, 15) is 0 Å². The van der Waals surface area contributed by atoms with Gasteiger partial charge in [0.05, 0.1) is 6.61 Å². The van der Waals surface area contributed by atoms with Crippen LogP contribution in [-0.4, -0.2) is 16.4 Å². The van der Waals surface area contributed by atoms with Gasteiger partial charge in [-0.05, 0) is 20.8 Å². The molecule has 0 fully saturated rings. The SMILES string of the molecule is CCOc1c(C)[c]nn1CC. The normalized spacial score (nSPS) is 10.1. The van der Waals surface area contributed by atoms with Crippen molar-refractivity contribution in [2.45, 2.75) is 27.3 Å². The van der Waals surface area contributed by atoms with E-state index >= 15 is 0 Å². The number of rotatable bonds is 3. The van der Waals surface area contributed by atoms with Crippen LogP contribution in [0.2, 0.25) is 0 Å².